The largest absolute Gasteiger partial charge is 0.496 e. The molecule has 0 aliphatic rings. The van der Waals surface area contributed by atoms with Gasteiger partial charge in [0.25, 0.3) is 0 Å². The Hall–Kier alpha value is -2.04. The van der Waals surface area contributed by atoms with Crippen LogP contribution in [0.5, 0.6) is 5.75 Å². The molecule has 0 amide bonds. The van der Waals surface area contributed by atoms with E-state index in [1.54, 1.807) is 12.1 Å². The first-order chi connectivity index (χ1) is 8.52. The molecule has 4 nitrogen and oxygen atoms in total. The summed E-state index contributed by atoms with van der Waals surface area (Å²) in [5, 5.41) is 3.75. The molecule has 5 heteroatoms. The van der Waals surface area contributed by atoms with Gasteiger partial charge in [-0.25, -0.2) is 4.39 Å². The maximum atomic E-state index is 14.1. The number of nitrogen functional groups attached to an aromatic ring is 1. The van der Waals surface area contributed by atoms with Gasteiger partial charge in [0.2, 0.25) is 5.88 Å². The van der Waals surface area contributed by atoms with E-state index in [1.807, 2.05) is 13.8 Å². The molecular formula is C13H15FN2O2. The average molecular weight is 250 g/mol. The first-order valence-electron chi connectivity index (χ1n) is 5.63. The van der Waals surface area contributed by atoms with Crippen molar-refractivity contribution in [2.24, 2.45) is 0 Å². The first kappa shape index (κ1) is 12.4. The summed E-state index contributed by atoms with van der Waals surface area (Å²) < 4.78 is 24.1. The highest BCUT2D eigenvalue weighted by Crippen LogP contribution is 2.34. The smallest absolute Gasteiger partial charge is 0.222 e. The van der Waals surface area contributed by atoms with Gasteiger partial charge in [-0.15, -0.1) is 0 Å². The van der Waals surface area contributed by atoms with Crippen LogP contribution >= 0.6 is 0 Å². The molecule has 0 radical (unpaired) electrons. The van der Waals surface area contributed by atoms with Crippen molar-refractivity contribution < 1.29 is 13.7 Å². The molecule has 2 rings (SSSR count). The van der Waals surface area contributed by atoms with Gasteiger partial charge in [-0.2, -0.15) is 0 Å². The van der Waals surface area contributed by atoms with Gasteiger partial charge >= 0.3 is 0 Å². The SMILES string of the molecule is COc1cc(-c2cc(N)on2)cc(F)c1C(C)C. The van der Waals surface area contributed by atoms with Gasteiger partial charge in [0.1, 0.15) is 17.3 Å². The Kier molecular flexibility index (Phi) is 3.23. The Morgan fingerprint density at radius 2 is 2.06 bits per heavy atom. The predicted molar refractivity (Wildman–Crippen MR) is 67.0 cm³/mol. The monoisotopic (exact) mass is 250 g/mol. The average Bonchev–Trinajstić information content (AvgIpc) is 2.74. The maximum Gasteiger partial charge on any atom is 0.222 e. The number of methoxy groups -OCH3 is 1. The fourth-order valence-corrected chi connectivity index (χ4v) is 1.90. The molecule has 0 spiro atoms. The summed E-state index contributed by atoms with van der Waals surface area (Å²) in [6.07, 6.45) is 0. The molecule has 1 aromatic carbocycles. The molecular weight excluding hydrogens is 235 g/mol. The van der Waals surface area contributed by atoms with Gasteiger partial charge in [0, 0.05) is 17.2 Å². The highest BCUT2D eigenvalue weighted by Gasteiger charge is 2.17. The molecule has 0 fully saturated rings. The molecule has 0 unspecified atom stereocenters. The van der Waals surface area contributed by atoms with Gasteiger partial charge in [-0.3, -0.25) is 0 Å². The normalized spacial score (nSPS) is 10.9. The van der Waals surface area contributed by atoms with E-state index in [0.29, 0.717) is 22.6 Å². The van der Waals surface area contributed by atoms with Crippen molar-refractivity contribution in [3.8, 4) is 17.0 Å². The summed E-state index contributed by atoms with van der Waals surface area (Å²) in [6, 6.07) is 4.69. The Balaban J connectivity index is 2.55. The van der Waals surface area contributed by atoms with E-state index in [1.165, 1.54) is 13.2 Å². The highest BCUT2D eigenvalue weighted by molar-refractivity contribution is 5.64. The molecule has 0 aliphatic heterocycles. The highest BCUT2D eigenvalue weighted by atomic mass is 19.1. The van der Waals surface area contributed by atoms with E-state index in [2.05, 4.69) is 5.16 Å². The zero-order chi connectivity index (χ0) is 13.3. The van der Waals surface area contributed by atoms with Crippen LogP contribution in [0.3, 0.4) is 0 Å². The van der Waals surface area contributed by atoms with E-state index < -0.39 is 0 Å². The topological polar surface area (TPSA) is 61.3 Å². The quantitative estimate of drug-likeness (QED) is 0.908. The van der Waals surface area contributed by atoms with E-state index in [4.69, 9.17) is 15.0 Å². The molecule has 2 aromatic rings. The number of hydrogen-bond acceptors (Lipinski definition) is 4. The van der Waals surface area contributed by atoms with E-state index in [0.717, 1.165) is 0 Å². The molecule has 0 atom stereocenters. The lowest BCUT2D eigenvalue weighted by Crippen LogP contribution is -1.99. The molecule has 96 valence electrons. The summed E-state index contributed by atoms with van der Waals surface area (Å²) >= 11 is 0. The molecule has 1 aromatic heterocycles. The number of anilines is 1. The van der Waals surface area contributed by atoms with Crippen LogP contribution in [0.2, 0.25) is 0 Å². The minimum Gasteiger partial charge on any atom is -0.496 e. The van der Waals surface area contributed by atoms with Gasteiger partial charge in [-0.1, -0.05) is 19.0 Å². The summed E-state index contributed by atoms with van der Waals surface area (Å²) in [5.41, 5.74) is 7.07. The van der Waals surface area contributed by atoms with Crippen LogP contribution in [0.15, 0.2) is 22.7 Å². The van der Waals surface area contributed by atoms with Crippen LogP contribution in [0.1, 0.15) is 25.3 Å². The lowest BCUT2D eigenvalue weighted by Gasteiger charge is -2.13. The van der Waals surface area contributed by atoms with Crippen molar-refractivity contribution in [2.75, 3.05) is 12.8 Å². The van der Waals surface area contributed by atoms with Crippen LogP contribution in [0.25, 0.3) is 11.3 Å². The van der Waals surface area contributed by atoms with Crippen LogP contribution in [-0.2, 0) is 0 Å². The van der Waals surface area contributed by atoms with Crippen LogP contribution < -0.4 is 10.5 Å². The molecule has 0 saturated carbocycles. The number of halogens is 1. The Bertz CT molecular complexity index is 564. The lowest BCUT2D eigenvalue weighted by molar-refractivity contribution is 0.401. The Labute approximate surface area is 105 Å². The predicted octanol–water partition coefficient (Wildman–Crippen LogP) is 3.19. The number of aromatic nitrogens is 1. The van der Waals surface area contributed by atoms with Crippen molar-refractivity contribution in [3.63, 3.8) is 0 Å². The van der Waals surface area contributed by atoms with Gasteiger partial charge in [-0.05, 0) is 18.1 Å². The molecule has 1 heterocycles. The van der Waals surface area contributed by atoms with Crippen molar-refractivity contribution in [2.45, 2.75) is 19.8 Å². The number of hydrogen-bond donors (Lipinski definition) is 1. The molecule has 0 saturated heterocycles. The Morgan fingerprint density at radius 3 is 2.56 bits per heavy atom. The second-order valence-electron chi connectivity index (χ2n) is 4.34. The fourth-order valence-electron chi connectivity index (χ4n) is 1.90. The maximum absolute atomic E-state index is 14.1. The fraction of sp³-hybridized carbons (Fsp3) is 0.308. The Morgan fingerprint density at radius 1 is 1.33 bits per heavy atom. The number of ether oxygens (including phenoxy) is 1. The zero-order valence-electron chi connectivity index (χ0n) is 10.5. The summed E-state index contributed by atoms with van der Waals surface area (Å²) in [6.45, 7) is 3.82. The number of rotatable bonds is 3. The number of nitrogens with two attached hydrogens (primary N) is 1. The third-order valence-corrected chi connectivity index (χ3v) is 2.71. The van der Waals surface area contributed by atoms with E-state index in [9.17, 15) is 4.39 Å². The third kappa shape index (κ3) is 2.16. The molecule has 18 heavy (non-hydrogen) atoms. The van der Waals surface area contributed by atoms with Gasteiger partial charge in [0.15, 0.2) is 0 Å². The minimum atomic E-state index is -0.319. The van der Waals surface area contributed by atoms with Crippen molar-refractivity contribution in [1.82, 2.24) is 5.16 Å². The second-order valence-corrected chi connectivity index (χ2v) is 4.34. The zero-order valence-corrected chi connectivity index (χ0v) is 10.5. The second kappa shape index (κ2) is 4.68. The van der Waals surface area contributed by atoms with Crippen LogP contribution in [-0.4, -0.2) is 12.3 Å². The summed E-state index contributed by atoms with van der Waals surface area (Å²) in [7, 11) is 1.52. The van der Waals surface area contributed by atoms with Crippen molar-refractivity contribution in [3.05, 3.63) is 29.6 Å². The molecule has 2 N–H and O–H groups in total. The van der Waals surface area contributed by atoms with E-state index >= 15 is 0 Å². The van der Waals surface area contributed by atoms with Crippen LogP contribution in [0, 0.1) is 5.82 Å². The molecule has 0 aliphatic carbocycles. The van der Waals surface area contributed by atoms with Crippen molar-refractivity contribution in [1.29, 1.82) is 0 Å². The van der Waals surface area contributed by atoms with E-state index in [-0.39, 0.29) is 17.6 Å². The third-order valence-electron chi connectivity index (χ3n) is 2.71. The molecule has 0 bridgehead atoms. The lowest BCUT2D eigenvalue weighted by atomic mass is 9.98. The standard InChI is InChI=1S/C13H15FN2O2/c1-7(2)13-9(14)4-8(5-11(13)17-3)10-6-12(15)18-16-10/h4-7H,15H2,1-3H3. The van der Waals surface area contributed by atoms with Gasteiger partial charge < -0.3 is 15.0 Å². The first-order valence-corrected chi connectivity index (χ1v) is 5.63. The number of nitrogens with zero attached hydrogens (tertiary/aromatic N) is 1. The number of benzene rings is 1. The summed E-state index contributed by atoms with van der Waals surface area (Å²) in [4.78, 5) is 0. The van der Waals surface area contributed by atoms with Crippen LogP contribution in [0.4, 0.5) is 10.3 Å². The van der Waals surface area contributed by atoms with Crippen molar-refractivity contribution >= 4 is 5.88 Å². The van der Waals surface area contributed by atoms with Gasteiger partial charge in [0.05, 0.1) is 7.11 Å². The minimum absolute atomic E-state index is 0.0383. The summed E-state index contributed by atoms with van der Waals surface area (Å²) in [5.74, 6) is 0.413.